The number of amides is 1. The Kier molecular flexibility index (Phi) is 8.74. The van der Waals surface area contributed by atoms with Crippen molar-refractivity contribution in [2.75, 3.05) is 44.7 Å². The predicted octanol–water partition coefficient (Wildman–Crippen LogP) is 5.42. The Hall–Kier alpha value is -4.10. The predicted molar refractivity (Wildman–Crippen MR) is 173 cm³/mol. The van der Waals surface area contributed by atoms with E-state index in [-0.39, 0.29) is 24.1 Å². The molecule has 2 aliphatic heterocycles. The number of aromatic hydroxyl groups is 1. The minimum Gasteiger partial charge on any atom is -0.508 e. The molecule has 0 spiro atoms. The number of piperazine rings is 1. The fourth-order valence-corrected chi connectivity index (χ4v) is 7.08. The zero-order chi connectivity index (χ0) is 31.7. The van der Waals surface area contributed by atoms with Gasteiger partial charge >= 0.3 is 12.1 Å². The number of ether oxygens (including phenoxy) is 2. The monoisotopic (exact) mass is 612 g/mol. The number of phenols is 1. The molecule has 1 aromatic heterocycles. The van der Waals surface area contributed by atoms with Crippen LogP contribution in [0.15, 0.2) is 36.4 Å². The van der Waals surface area contributed by atoms with E-state index in [4.69, 9.17) is 19.4 Å². The van der Waals surface area contributed by atoms with Crippen LogP contribution in [0, 0.1) is 11.3 Å². The average Bonchev–Trinajstić information content (AvgIpc) is 3.42. The molecule has 3 atom stereocenters. The molecule has 6 rings (SSSR count). The largest absolute Gasteiger partial charge is 0.508 e. The number of anilines is 1. The molecule has 0 saturated carbocycles. The second-order valence-electron chi connectivity index (χ2n) is 13.7. The molecule has 10 heteroatoms. The second-order valence-corrected chi connectivity index (χ2v) is 13.7. The van der Waals surface area contributed by atoms with E-state index in [1.54, 1.807) is 4.90 Å². The Bertz CT molecular complexity index is 1600. The van der Waals surface area contributed by atoms with Gasteiger partial charge in [-0.3, -0.25) is 0 Å². The highest BCUT2D eigenvalue weighted by atomic mass is 16.6. The van der Waals surface area contributed by atoms with Gasteiger partial charge in [0.25, 0.3) is 0 Å². The lowest BCUT2D eigenvalue weighted by Gasteiger charge is -2.42. The molecule has 2 fully saturated rings. The number of hydrogen-bond donors (Lipinski definition) is 1. The molecule has 0 radical (unpaired) electrons. The number of nitriles is 1. The first-order valence-corrected chi connectivity index (χ1v) is 16.2. The summed E-state index contributed by atoms with van der Waals surface area (Å²) in [6.07, 6.45) is 4.43. The summed E-state index contributed by atoms with van der Waals surface area (Å²) in [6, 6.07) is 14.6. The lowest BCUT2D eigenvalue weighted by Crippen LogP contribution is -2.56. The first kappa shape index (κ1) is 30.9. The number of likely N-dealkylation sites (tertiary alicyclic amines) is 1. The number of aromatic nitrogens is 2. The van der Waals surface area contributed by atoms with Crippen molar-refractivity contribution in [3.05, 3.63) is 53.2 Å². The number of fused-ring (bicyclic) bond motifs is 2. The Labute approximate surface area is 265 Å². The van der Waals surface area contributed by atoms with Crippen LogP contribution in [0.2, 0.25) is 0 Å². The van der Waals surface area contributed by atoms with Crippen LogP contribution in [0.5, 0.6) is 11.8 Å². The molecule has 2 saturated heterocycles. The standard InChI is InChI=1S/C35H44N6O4/c1-35(2,3)45-34(43)41-17-16-40(21-25(41)13-14-36)32-29-12-11-24(30-20-27(42)18-23-8-5-6-10-28(23)30)19-31(29)37-33(38-32)44-22-26-9-7-15-39(26)4/h5-6,8,10,18,20,24-26,42H,7,9,11-13,15-17,19,21-22H2,1-4H3. The number of carbonyl (C=O) groups is 1. The summed E-state index contributed by atoms with van der Waals surface area (Å²) >= 11 is 0. The van der Waals surface area contributed by atoms with Crippen LogP contribution in [0.3, 0.4) is 0 Å². The molecule has 238 valence electrons. The molecule has 1 N–H and O–H groups in total. The smallest absolute Gasteiger partial charge is 0.410 e. The van der Waals surface area contributed by atoms with Gasteiger partial charge in [-0.2, -0.15) is 15.2 Å². The number of likely N-dealkylation sites (N-methyl/N-ethyl adjacent to an activating group) is 1. The van der Waals surface area contributed by atoms with Gasteiger partial charge in [-0.25, -0.2) is 4.79 Å². The molecule has 1 aliphatic carbocycles. The fraction of sp³-hybridized carbons (Fsp3) is 0.543. The molecule has 3 aromatic rings. The van der Waals surface area contributed by atoms with E-state index in [1.165, 1.54) is 0 Å². The molecule has 10 nitrogen and oxygen atoms in total. The molecule has 3 aliphatic rings. The first-order valence-electron chi connectivity index (χ1n) is 16.2. The van der Waals surface area contributed by atoms with Gasteiger partial charge < -0.3 is 29.3 Å². The van der Waals surface area contributed by atoms with E-state index in [2.05, 4.69) is 29.0 Å². The minimum absolute atomic E-state index is 0.182. The van der Waals surface area contributed by atoms with Crippen molar-refractivity contribution in [1.29, 1.82) is 5.26 Å². The van der Waals surface area contributed by atoms with Crippen molar-refractivity contribution in [2.24, 2.45) is 0 Å². The number of nitrogens with zero attached hydrogens (tertiary/aromatic N) is 6. The van der Waals surface area contributed by atoms with Crippen molar-refractivity contribution in [1.82, 2.24) is 19.8 Å². The van der Waals surface area contributed by atoms with Gasteiger partial charge in [-0.1, -0.05) is 24.3 Å². The van der Waals surface area contributed by atoms with Crippen molar-refractivity contribution in [3.8, 4) is 17.8 Å². The normalized spacial score (nSPS) is 22.2. The quantitative estimate of drug-likeness (QED) is 0.390. The van der Waals surface area contributed by atoms with Crippen molar-refractivity contribution in [3.63, 3.8) is 0 Å². The summed E-state index contributed by atoms with van der Waals surface area (Å²) in [4.78, 5) is 29.3. The van der Waals surface area contributed by atoms with Crippen LogP contribution in [0.1, 0.15) is 69.2 Å². The van der Waals surface area contributed by atoms with E-state index >= 15 is 0 Å². The van der Waals surface area contributed by atoms with E-state index in [0.717, 1.165) is 65.6 Å². The summed E-state index contributed by atoms with van der Waals surface area (Å²) in [6.45, 7) is 8.62. The van der Waals surface area contributed by atoms with Crippen molar-refractivity contribution in [2.45, 2.75) is 82.9 Å². The number of phenolic OH excluding ortho intramolecular Hbond substituents is 1. The summed E-state index contributed by atoms with van der Waals surface area (Å²) in [7, 11) is 2.13. The van der Waals surface area contributed by atoms with Gasteiger partial charge in [0.1, 0.15) is 23.8 Å². The SMILES string of the molecule is CN1CCCC1COc1nc2c(c(N3CCN(C(=O)OC(C)(C)C)C(CC#N)C3)n1)CCC(c1cc(O)cc3ccccc13)C2. The van der Waals surface area contributed by atoms with Gasteiger partial charge in [-0.15, -0.1) is 0 Å². The summed E-state index contributed by atoms with van der Waals surface area (Å²) in [5, 5.41) is 22.4. The maximum absolute atomic E-state index is 13.1. The van der Waals surface area contributed by atoms with Gasteiger partial charge in [0.2, 0.25) is 0 Å². The molecular weight excluding hydrogens is 568 g/mol. The number of carbonyl (C=O) groups excluding carboxylic acids is 1. The third-order valence-corrected chi connectivity index (χ3v) is 9.36. The zero-order valence-corrected chi connectivity index (χ0v) is 26.8. The molecule has 0 bridgehead atoms. The Morgan fingerprint density at radius 3 is 2.69 bits per heavy atom. The second kappa shape index (κ2) is 12.7. The number of rotatable bonds is 6. The van der Waals surface area contributed by atoms with Crippen LogP contribution < -0.4 is 9.64 Å². The van der Waals surface area contributed by atoms with Crippen LogP contribution in [0.4, 0.5) is 10.6 Å². The lowest BCUT2D eigenvalue weighted by atomic mass is 9.80. The topological polar surface area (TPSA) is 115 Å². The van der Waals surface area contributed by atoms with Crippen molar-refractivity contribution < 1.29 is 19.4 Å². The molecule has 3 heterocycles. The highest BCUT2D eigenvalue weighted by molar-refractivity contribution is 5.87. The fourth-order valence-electron chi connectivity index (χ4n) is 7.08. The Morgan fingerprint density at radius 2 is 1.93 bits per heavy atom. The molecular formula is C35H44N6O4. The molecule has 1 amide bonds. The summed E-state index contributed by atoms with van der Waals surface area (Å²) < 4.78 is 12.0. The highest BCUT2D eigenvalue weighted by Crippen LogP contribution is 2.40. The lowest BCUT2D eigenvalue weighted by molar-refractivity contribution is 0.0144. The van der Waals surface area contributed by atoms with Gasteiger partial charge in [-0.05, 0) is 101 Å². The van der Waals surface area contributed by atoms with Crippen molar-refractivity contribution >= 4 is 22.7 Å². The van der Waals surface area contributed by atoms with Gasteiger partial charge in [0, 0.05) is 31.2 Å². The van der Waals surface area contributed by atoms with Gasteiger partial charge in [0.05, 0.1) is 24.2 Å². The van der Waals surface area contributed by atoms with E-state index < -0.39 is 11.7 Å². The van der Waals surface area contributed by atoms with Crippen LogP contribution in [-0.4, -0.2) is 88.5 Å². The summed E-state index contributed by atoms with van der Waals surface area (Å²) in [5.74, 6) is 1.29. The Balaban J connectivity index is 1.32. The third-order valence-electron chi connectivity index (χ3n) is 9.36. The van der Waals surface area contributed by atoms with E-state index in [1.807, 2.05) is 51.1 Å². The average molecular weight is 613 g/mol. The summed E-state index contributed by atoms with van der Waals surface area (Å²) in [5.41, 5.74) is 2.58. The maximum Gasteiger partial charge on any atom is 0.410 e. The van der Waals surface area contributed by atoms with E-state index in [0.29, 0.717) is 44.7 Å². The third kappa shape index (κ3) is 6.79. The minimum atomic E-state index is -0.617. The van der Waals surface area contributed by atoms with Crippen LogP contribution in [-0.2, 0) is 17.6 Å². The Morgan fingerprint density at radius 1 is 1.11 bits per heavy atom. The number of hydrogen-bond acceptors (Lipinski definition) is 9. The maximum atomic E-state index is 13.1. The first-order chi connectivity index (χ1) is 21.6. The van der Waals surface area contributed by atoms with Crippen LogP contribution >= 0.6 is 0 Å². The van der Waals surface area contributed by atoms with Gasteiger partial charge in [0.15, 0.2) is 0 Å². The molecule has 2 aromatic carbocycles. The molecule has 3 unspecified atom stereocenters. The zero-order valence-electron chi connectivity index (χ0n) is 26.8. The molecule has 45 heavy (non-hydrogen) atoms. The highest BCUT2D eigenvalue weighted by Gasteiger charge is 2.36. The van der Waals surface area contributed by atoms with E-state index in [9.17, 15) is 15.2 Å². The number of benzene rings is 2. The van der Waals surface area contributed by atoms with Crippen LogP contribution in [0.25, 0.3) is 10.8 Å².